The molecule has 3 aromatic rings. The van der Waals surface area contributed by atoms with Gasteiger partial charge in [-0.25, -0.2) is 4.57 Å². The molecule has 7 nitrogen and oxygen atoms in total. The van der Waals surface area contributed by atoms with E-state index in [1.165, 1.54) is 0 Å². The van der Waals surface area contributed by atoms with Gasteiger partial charge in [0.2, 0.25) is 4.80 Å². The second kappa shape index (κ2) is 8.55. The van der Waals surface area contributed by atoms with Crippen LogP contribution < -0.4 is 9.37 Å². The Bertz CT molecular complexity index is 1130. The highest BCUT2D eigenvalue weighted by atomic mass is 32.2. The molecule has 0 atom stereocenters. The standard InChI is InChI=1S/C18H20N4O3S2/c1-21-16-8-2-3-9-17(16)26-18(21)20-19-13-15-7-6-11-22(14-15)10-4-5-12-27(23,24)25/h2-3,6-9,11,13-14H,4-5,10,12H2,1H3/p+1/b19-13+,20-18+. The highest BCUT2D eigenvalue weighted by molar-refractivity contribution is 7.85. The largest absolute Gasteiger partial charge is 0.318 e. The molecule has 27 heavy (non-hydrogen) atoms. The number of hydrogen-bond acceptors (Lipinski definition) is 5. The molecule has 0 amide bonds. The van der Waals surface area contributed by atoms with Gasteiger partial charge in [-0.2, -0.15) is 13.5 Å². The van der Waals surface area contributed by atoms with Crippen LogP contribution >= 0.6 is 11.3 Å². The predicted molar refractivity (Wildman–Crippen MR) is 106 cm³/mol. The summed E-state index contributed by atoms with van der Waals surface area (Å²) in [5.41, 5.74) is 2.03. The number of benzene rings is 1. The number of unbranched alkanes of at least 4 members (excludes halogenated alkanes) is 1. The van der Waals surface area contributed by atoms with Crippen LogP contribution in [0.4, 0.5) is 0 Å². The van der Waals surface area contributed by atoms with Crippen molar-refractivity contribution in [1.82, 2.24) is 4.57 Å². The molecule has 0 aliphatic heterocycles. The van der Waals surface area contributed by atoms with Crippen LogP contribution in [0.5, 0.6) is 0 Å². The molecular weight excluding hydrogens is 384 g/mol. The van der Waals surface area contributed by atoms with Gasteiger partial charge in [-0.05, 0) is 24.6 Å². The van der Waals surface area contributed by atoms with Gasteiger partial charge in [0.05, 0.1) is 27.7 Å². The summed E-state index contributed by atoms with van der Waals surface area (Å²) >= 11 is 1.59. The number of thiazole rings is 1. The quantitative estimate of drug-likeness (QED) is 0.215. The number of pyridine rings is 1. The highest BCUT2D eigenvalue weighted by Crippen LogP contribution is 2.15. The Labute approximate surface area is 161 Å². The molecule has 0 fully saturated rings. The minimum atomic E-state index is -3.88. The summed E-state index contributed by atoms with van der Waals surface area (Å²) in [6, 6.07) is 12.0. The Balaban J connectivity index is 1.67. The van der Waals surface area contributed by atoms with Crippen LogP contribution in [-0.4, -0.2) is 29.5 Å². The molecule has 1 aromatic carbocycles. The minimum Gasteiger partial charge on any atom is -0.318 e. The van der Waals surface area contributed by atoms with Crippen LogP contribution in [0.1, 0.15) is 18.4 Å². The molecule has 0 bridgehead atoms. The molecule has 0 radical (unpaired) electrons. The van der Waals surface area contributed by atoms with Gasteiger partial charge in [-0.1, -0.05) is 23.5 Å². The van der Waals surface area contributed by atoms with Gasteiger partial charge >= 0.3 is 0 Å². The third kappa shape index (κ3) is 5.56. The molecule has 0 saturated heterocycles. The fourth-order valence-electron chi connectivity index (χ4n) is 2.66. The van der Waals surface area contributed by atoms with E-state index < -0.39 is 10.1 Å². The Morgan fingerprint density at radius 1 is 1.22 bits per heavy atom. The summed E-state index contributed by atoms with van der Waals surface area (Å²) in [7, 11) is -1.91. The van der Waals surface area contributed by atoms with Crippen molar-refractivity contribution >= 4 is 37.9 Å². The first-order chi connectivity index (χ1) is 12.9. The zero-order chi connectivity index (χ0) is 19.3. The van der Waals surface area contributed by atoms with Crippen LogP contribution in [0.15, 0.2) is 59.0 Å². The lowest BCUT2D eigenvalue weighted by molar-refractivity contribution is -0.697. The average molecular weight is 406 g/mol. The van der Waals surface area contributed by atoms with Crippen LogP contribution in [0.3, 0.4) is 0 Å². The summed E-state index contributed by atoms with van der Waals surface area (Å²) in [6.45, 7) is 0.666. The second-order valence-electron chi connectivity index (χ2n) is 6.12. The fourth-order valence-corrected chi connectivity index (χ4v) is 4.20. The van der Waals surface area contributed by atoms with Crippen molar-refractivity contribution in [3.05, 3.63) is 59.2 Å². The van der Waals surface area contributed by atoms with Gasteiger partial charge in [0.1, 0.15) is 6.54 Å². The van der Waals surface area contributed by atoms with E-state index in [4.69, 9.17) is 4.55 Å². The van der Waals surface area contributed by atoms with Crippen molar-refractivity contribution in [2.75, 3.05) is 5.75 Å². The molecule has 9 heteroatoms. The third-order valence-electron chi connectivity index (χ3n) is 4.01. The van der Waals surface area contributed by atoms with Crippen molar-refractivity contribution in [3.63, 3.8) is 0 Å². The van der Waals surface area contributed by atoms with Crippen molar-refractivity contribution in [2.45, 2.75) is 19.4 Å². The number of aromatic nitrogens is 2. The van der Waals surface area contributed by atoms with E-state index in [0.717, 1.165) is 20.6 Å². The van der Waals surface area contributed by atoms with Crippen molar-refractivity contribution in [2.24, 2.45) is 17.3 Å². The van der Waals surface area contributed by atoms with Gasteiger partial charge in [-0.15, -0.1) is 5.10 Å². The summed E-state index contributed by atoms with van der Waals surface area (Å²) in [4.78, 5) is 0.821. The van der Waals surface area contributed by atoms with Crippen LogP contribution in [0.25, 0.3) is 10.2 Å². The number of fused-ring (bicyclic) bond motifs is 1. The zero-order valence-electron chi connectivity index (χ0n) is 14.9. The molecule has 2 heterocycles. The minimum absolute atomic E-state index is 0.209. The van der Waals surface area contributed by atoms with E-state index in [9.17, 15) is 8.42 Å². The highest BCUT2D eigenvalue weighted by Gasteiger charge is 2.06. The van der Waals surface area contributed by atoms with E-state index in [0.29, 0.717) is 19.4 Å². The normalized spacial score (nSPS) is 13.0. The fraction of sp³-hybridized carbons (Fsp3) is 0.278. The van der Waals surface area contributed by atoms with Crippen molar-refractivity contribution < 1.29 is 17.5 Å². The number of aryl methyl sites for hydroxylation is 2. The molecule has 0 saturated carbocycles. The molecule has 3 rings (SSSR count). The molecule has 0 unspecified atom stereocenters. The van der Waals surface area contributed by atoms with Crippen molar-refractivity contribution in [3.8, 4) is 0 Å². The summed E-state index contributed by atoms with van der Waals surface area (Å²) < 4.78 is 35.4. The van der Waals surface area contributed by atoms with Gasteiger partial charge in [0, 0.05) is 19.5 Å². The lowest BCUT2D eigenvalue weighted by Crippen LogP contribution is -2.33. The topological polar surface area (TPSA) is 87.9 Å². The lowest BCUT2D eigenvalue weighted by atomic mass is 10.3. The van der Waals surface area contributed by atoms with Crippen LogP contribution in [0.2, 0.25) is 0 Å². The first kappa shape index (κ1) is 19.4. The smallest absolute Gasteiger partial charge is 0.264 e. The Morgan fingerprint density at radius 3 is 2.81 bits per heavy atom. The van der Waals surface area contributed by atoms with Crippen molar-refractivity contribution in [1.29, 1.82) is 0 Å². The summed E-state index contributed by atoms with van der Waals surface area (Å²) in [5, 5.41) is 8.52. The predicted octanol–water partition coefficient (Wildman–Crippen LogP) is 2.13. The molecule has 142 valence electrons. The van der Waals surface area contributed by atoms with E-state index >= 15 is 0 Å². The lowest BCUT2D eigenvalue weighted by Gasteiger charge is -1.98. The van der Waals surface area contributed by atoms with E-state index in [1.807, 2.05) is 52.8 Å². The maximum Gasteiger partial charge on any atom is 0.264 e. The first-order valence-corrected chi connectivity index (χ1v) is 10.9. The molecule has 1 N–H and O–H groups in total. The molecule has 0 spiro atoms. The van der Waals surface area contributed by atoms with Crippen LogP contribution in [0, 0.1) is 0 Å². The second-order valence-corrected chi connectivity index (χ2v) is 8.71. The Morgan fingerprint density at radius 2 is 2.04 bits per heavy atom. The average Bonchev–Trinajstić information content (AvgIpc) is 2.95. The number of rotatable bonds is 7. The third-order valence-corrected chi connectivity index (χ3v) is 5.92. The molecule has 0 aliphatic rings. The van der Waals surface area contributed by atoms with E-state index in [-0.39, 0.29) is 5.75 Å². The summed E-state index contributed by atoms with van der Waals surface area (Å²) in [6.07, 6.45) is 6.61. The van der Waals surface area contributed by atoms with E-state index in [1.54, 1.807) is 17.6 Å². The molecule has 2 aromatic heterocycles. The molecular formula is C18H21N4O3S2+. The van der Waals surface area contributed by atoms with Crippen LogP contribution in [-0.2, 0) is 23.7 Å². The van der Waals surface area contributed by atoms with Gasteiger partial charge in [0.25, 0.3) is 10.1 Å². The van der Waals surface area contributed by atoms with Gasteiger partial charge < -0.3 is 4.57 Å². The number of hydrogen-bond donors (Lipinski definition) is 1. The molecule has 0 aliphatic carbocycles. The summed E-state index contributed by atoms with van der Waals surface area (Å²) in [5.74, 6) is -0.209. The van der Waals surface area contributed by atoms with Gasteiger partial charge in [0.15, 0.2) is 12.4 Å². The maximum absolute atomic E-state index is 10.7. The monoisotopic (exact) mass is 405 g/mol. The number of nitrogens with zero attached hydrogens (tertiary/aromatic N) is 4. The number of para-hydroxylation sites is 1. The SMILES string of the molecule is Cn1/c(=N\N=C\c2ccc[n+](CCCCS(=O)(=O)O)c2)sc2ccccc21. The first-order valence-electron chi connectivity index (χ1n) is 8.48. The maximum atomic E-state index is 10.7. The Kier molecular flexibility index (Phi) is 6.15. The van der Waals surface area contributed by atoms with E-state index in [2.05, 4.69) is 22.3 Å². The Hall–Kier alpha value is -2.36. The zero-order valence-corrected chi connectivity index (χ0v) is 16.5. The van der Waals surface area contributed by atoms with Gasteiger partial charge in [-0.3, -0.25) is 4.55 Å².